The van der Waals surface area contributed by atoms with E-state index in [1.165, 1.54) is 9.47 Å². The van der Waals surface area contributed by atoms with Gasteiger partial charge in [-0.25, -0.2) is 4.79 Å². The molecule has 3 rings (SSSR count). The van der Waals surface area contributed by atoms with Crippen molar-refractivity contribution < 1.29 is 9.53 Å². The van der Waals surface area contributed by atoms with Crippen molar-refractivity contribution >= 4 is 17.4 Å². The molecule has 9 nitrogen and oxygen atoms in total. The Morgan fingerprint density at radius 2 is 1.88 bits per heavy atom. The number of aromatic nitrogens is 2. The molecule has 9 heteroatoms. The number of methoxy groups -OCH3 is 1. The van der Waals surface area contributed by atoms with E-state index in [1.807, 2.05) is 38.1 Å². The van der Waals surface area contributed by atoms with Crippen LogP contribution >= 0.6 is 0 Å². The molecule has 1 aliphatic rings. The fourth-order valence-electron chi connectivity index (χ4n) is 3.94. The lowest BCUT2D eigenvalue weighted by molar-refractivity contribution is -0.120. The first-order valence-corrected chi connectivity index (χ1v) is 11.7. The summed E-state index contributed by atoms with van der Waals surface area (Å²) in [7, 11) is 1.63. The van der Waals surface area contributed by atoms with Crippen LogP contribution in [0.25, 0.3) is 0 Å². The number of H-pyrrole nitrogens is 1. The van der Waals surface area contributed by atoms with E-state index in [2.05, 4.69) is 9.88 Å². The highest BCUT2D eigenvalue weighted by molar-refractivity contribution is 5.96. The molecule has 0 saturated heterocycles. The molecular formula is C24H35N5O4. The summed E-state index contributed by atoms with van der Waals surface area (Å²) in [6.45, 7) is 5.48. The van der Waals surface area contributed by atoms with Gasteiger partial charge in [-0.3, -0.25) is 24.0 Å². The molecule has 0 atom stereocenters. The summed E-state index contributed by atoms with van der Waals surface area (Å²) < 4.78 is 6.56. The highest BCUT2D eigenvalue weighted by atomic mass is 16.5. The lowest BCUT2D eigenvalue weighted by Crippen LogP contribution is -2.46. The zero-order valence-electron chi connectivity index (χ0n) is 19.8. The number of benzene rings is 1. The van der Waals surface area contributed by atoms with Crippen LogP contribution in [0.5, 0.6) is 5.75 Å². The summed E-state index contributed by atoms with van der Waals surface area (Å²) in [5, 5.41) is 0. The van der Waals surface area contributed by atoms with E-state index < -0.39 is 11.2 Å². The number of hydrogen-bond acceptors (Lipinski definition) is 6. The van der Waals surface area contributed by atoms with Gasteiger partial charge in [-0.05, 0) is 43.4 Å². The molecule has 1 fully saturated rings. The molecule has 3 N–H and O–H groups in total. The smallest absolute Gasteiger partial charge is 0.330 e. The quantitative estimate of drug-likeness (QED) is 0.506. The predicted octanol–water partition coefficient (Wildman–Crippen LogP) is 2.34. The van der Waals surface area contributed by atoms with Gasteiger partial charge in [0.2, 0.25) is 5.91 Å². The molecule has 1 aromatic heterocycles. The van der Waals surface area contributed by atoms with Crippen molar-refractivity contribution in [2.45, 2.75) is 65.1 Å². The van der Waals surface area contributed by atoms with Crippen LogP contribution in [0.1, 0.15) is 51.5 Å². The van der Waals surface area contributed by atoms with Gasteiger partial charge in [0, 0.05) is 25.7 Å². The minimum Gasteiger partial charge on any atom is -0.497 e. The summed E-state index contributed by atoms with van der Waals surface area (Å²) in [5.41, 5.74) is 6.24. The number of anilines is 2. The van der Waals surface area contributed by atoms with E-state index in [1.54, 1.807) is 7.11 Å². The zero-order valence-corrected chi connectivity index (χ0v) is 19.8. The van der Waals surface area contributed by atoms with Gasteiger partial charge >= 0.3 is 5.69 Å². The van der Waals surface area contributed by atoms with E-state index in [0.717, 1.165) is 37.0 Å². The summed E-state index contributed by atoms with van der Waals surface area (Å²) in [5.74, 6) is 0.640. The second kappa shape index (κ2) is 11.2. The number of nitrogens with zero attached hydrogens (tertiary/aromatic N) is 3. The molecule has 1 amide bonds. The third kappa shape index (κ3) is 6.04. The van der Waals surface area contributed by atoms with Gasteiger partial charge < -0.3 is 15.4 Å². The molecule has 180 valence electrons. The highest BCUT2D eigenvalue weighted by Gasteiger charge is 2.33. The van der Waals surface area contributed by atoms with Gasteiger partial charge in [0.05, 0.1) is 13.7 Å². The van der Waals surface area contributed by atoms with Gasteiger partial charge in [0.15, 0.2) is 5.69 Å². The Kier molecular flexibility index (Phi) is 8.32. The monoisotopic (exact) mass is 457 g/mol. The van der Waals surface area contributed by atoms with Crippen LogP contribution in [0, 0.1) is 0 Å². The molecule has 1 heterocycles. The summed E-state index contributed by atoms with van der Waals surface area (Å²) in [4.78, 5) is 44.4. The third-order valence-electron chi connectivity index (χ3n) is 5.91. The average Bonchev–Trinajstić information content (AvgIpc) is 3.64. The fourth-order valence-corrected chi connectivity index (χ4v) is 3.94. The number of aromatic amines is 1. The van der Waals surface area contributed by atoms with E-state index in [9.17, 15) is 14.4 Å². The molecule has 1 saturated carbocycles. The van der Waals surface area contributed by atoms with Crippen molar-refractivity contribution in [3.8, 4) is 5.75 Å². The number of carbonyl (C=O) groups is 1. The molecule has 0 bridgehead atoms. The molecule has 1 aromatic carbocycles. The fraction of sp³-hybridized carbons (Fsp3) is 0.542. The Labute approximate surface area is 194 Å². The van der Waals surface area contributed by atoms with E-state index in [4.69, 9.17) is 10.5 Å². The maximum absolute atomic E-state index is 13.5. The molecule has 0 radical (unpaired) electrons. The van der Waals surface area contributed by atoms with Gasteiger partial charge in [0.25, 0.3) is 5.56 Å². The van der Waals surface area contributed by atoms with Crippen molar-refractivity contribution in [2.24, 2.45) is 0 Å². The number of nitrogens with one attached hydrogen (secondary N) is 1. The molecule has 1 aliphatic carbocycles. The number of unbranched alkanes of at least 4 members (excludes halogenated alkanes) is 1. The van der Waals surface area contributed by atoms with Crippen molar-refractivity contribution in [2.75, 3.05) is 30.8 Å². The summed E-state index contributed by atoms with van der Waals surface area (Å²) >= 11 is 0. The van der Waals surface area contributed by atoms with Crippen LogP contribution in [-0.4, -0.2) is 46.6 Å². The molecule has 0 aliphatic heterocycles. The second-order valence-electron chi connectivity index (χ2n) is 8.53. The van der Waals surface area contributed by atoms with Crippen LogP contribution in [0.3, 0.4) is 0 Å². The first kappa shape index (κ1) is 24.6. The molecule has 33 heavy (non-hydrogen) atoms. The minimum atomic E-state index is -0.623. The van der Waals surface area contributed by atoms with Crippen molar-refractivity contribution in [1.82, 2.24) is 14.5 Å². The minimum absolute atomic E-state index is 0.0446. The average molecular weight is 458 g/mol. The molecular weight excluding hydrogens is 422 g/mol. The molecule has 2 aromatic rings. The Hall–Kier alpha value is -3.07. The van der Waals surface area contributed by atoms with Crippen molar-refractivity contribution in [3.63, 3.8) is 0 Å². The number of amides is 1. The van der Waals surface area contributed by atoms with Crippen molar-refractivity contribution in [1.29, 1.82) is 0 Å². The zero-order chi connectivity index (χ0) is 24.0. The second-order valence-corrected chi connectivity index (χ2v) is 8.53. The maximum Gasteiger partial charge on any atom is 0.330 e. The number of ether oxygens (including phenoxy) is 1. The van der Waals surface area contributed by atoms with E-state index in [-0.39, 0.29) is 24.0 Å². The Bertz CT molecular complexity index is 1060. The Morgan fingerprint density at radius 1 is 1.18 bits per heavy atom. The van der Waals surface area contributed by atoms with Crippen molar-refractivity contribution in [3.05, 3.63) is 50.7 Å². The van der Waals surface area contributed by atoms with Crippen LogP contribution in [-0.2, 0) is 17.9 Å². The third-order valence-corrected chi connectivity index (χ3v) is 5.91. The number of rotatable bonds is 12. The van der Waals surface area contributed by atoms with Crippen LogP contribution < -0.4 is 26.6 Å². The lowest BCUT2D eigenvalue weighted by atomic mass is 10.2. The number of nitrogen functional groups attached to an aromatic ring is 1. The summed E-state index contributed by atoms with van der Waals surface area (Å²) in [6, 6.07) is 8.15. The number of carbonyl (C=O) groups excluding carboxylic acids is 1. The normalized spacial score (nSPS) is 13.3. The standard InChI is InChI=1S/C24H35N5O4/c1-4-6-14-28(21-22(25)29(13-5-2)24(32)26-23(21)31)20(30)16-27(18-9-10-18)15-17-7-11-19(33-3)12-8-17/h7-8,11-12,18H,4-6,9-10,13-16,25H2,1-3H3,(H,26,31,32). The first-order chi connectivity index (χ1) is 15.9. The van der Waals surface area contributed by atoms with Gasteiger partial charge in [-0.1, -0.05) is 32.4 Å². The van der Waals surface area contributed by atoms with Gasteiger partial charge in [-0.15, -0.1) is 0 Å². The van der Waals surface area contributed by atoms with Crippen LogP contribution in [0.15, 0.2) is 33.9 Å². The molecule has 0 unspecified atom stereocenters. The topological polar surface area (TPSA) is 114 Å². The SMILES string of the molecule is CCCCN(C(=O)CN(Cc1ccc(OC)cc1)C1CC1)c1c(N)n(CCC)c(=O)[nH]c1=O. The Balaban J connectivity index is 1.87. The first-order valence-electron chi connectivity index (χ1n) is 11.7. The highest BCUT2D eigenvalue weighted by Crippen LogP contribution is 2.29. The largest absolute Gasteiger partial charge is 0.497 e. The van der Waals surface area contributed by atoms with E-state index in [0.29, 0.717) is 32.1 Å². The summed E-state index contributed by atoms with van der Waals surface area (Å²) in [6.07, 6.45) is 4.34. The Morgan fingerprint density at radius 3 is 2.45 bits per heavy atom. The predicted molar refractivity (Wildman–Crippen MR) is 130 cm³/mol. The van der Waals surface area contributed by atoms with Gasteiger partial charge in [0.1, 0.15) is 11.6 Å². The number of hydrogen-bond donors (Lipinski definition) is 2. The van der Waals surface area contributed by atoms with Gasteiger partial charge in [-0.2, -0.15) is 0 Å². The van der Waals surface area contributed by atoms with Crippen LogP contribution in [0.2, 0.25) is 0 Å². The molecule has 0 spiro atoms. The maximum atomic E-state index is 13.5. The number of nitrogens with two attached hydrogens (primary N) is 1. The lowest BCUT2D eigenvalue weighted by Gasteiger charge is -2.28. The van der Waals surface area contributed by atoms with E-state index >= 15 is 0 Å². The van der Waals surface area contributed by atoms with Crippen LogP contribution in [0.4, 0.5) is 11.5 Å².